The highest BCUT2D eigenvalue weighted by Gasteiger charge is 2.10. The van der Waals surface area contributed by atoms with Gasteiger partial charge in [0.1, 0.15) is 9.84 Å². The second-order valence-corrected chi connectivity index (χ2v) is 7.07. The van der Waals surface area contributed by atoms with Gasteiger partial charge in [-0.25, -0.2) is 8.42 Å². The van der Waals surface area contributed by atoms with E-state index in [1.165, 1.54) is 19.3 Å². The Morgan fingerprint density at radius 3 is 1.94 bits per heavy atom. The van der Waals surface area contributed by atoms with Gasteiger partial charge in [-0.05, 0) is 19.3 Å². The maximum atomic E-state index is 11.6. The van der Waals surface area contributed by atoms with Gasteiger partial charge in [-0.3, -0.25) is 4.79 Å². The Balaban J connectivity index is 3.52. The van der Waals surface area contributed by atoms with E-state index < -0.39 is 15.8 Å². The Morgan fingerprint density at radius 1 is 0.889 bits per heavy atom. The van der Waals surface area contributed by atoms with Crippen LogP contribution in [0.3, 0.4) is 0 Å². The van der Waals surface area contributed by atoms with Gasteiger partial charge in [-0.15, -0.1) is 0 Å². The molecule has 0 fully saturated rings. The fourth-order valence-corrected chi connectivity index (χ4v) is 3.29. The first-order valence-electron chi connectivity index (χ1n) is 6.90. The molecule has 0 aromatic carbocycles. The summed E-state index contributed by atoms with van der Waals surface area (Å²) in [6.45, 7) is 2.15. The third-order valence-corrected chi connectivity index (χ3v) is 4.73. The second-order valence-electron chi connectivity index (χ2n) is 4.77. The first kappa shape index (κ1) is 17.4. The van der Waals surface area contributed by atoms with Gasteiger partial charge in [0.2, 0.25) is 0 Å². The molecule has 1 N–H and O–H groups in total. The smallest absolute Gasteiger partial charge is 0.303 e. The minimum absolute atomic E-state index is 0.0620. The number of hydrogen-bond acceptors (Lipinski definition) is 3. The zero-order valence-electron chi connectivity index (χ0n) is 11.4. The van der Waals surface area contributed by atoms with Gasteiger partial charge >= 0.3 is 5.97 Å². The molecular weight excluding hydrogens is 252 g/mol. The zero-order valence-corrected chi connectivity index (χ0v) is 12.2. The van der Waals surface area contributed by atoms with Crippen LogP contribution in [0.25, 0.3) is 0 Å². The minimum Gasteiger partial charge on any atom is -0.481 e. The molecule has 18 heavy (non-hydrogen) atoms. The first-order chi connectivity index (χ1) is 8.48. The van der Waals surface area contributed by atoms with Gasteiger partial charge < -0.3 is 5.11 Å². The monoisotopic (exact) mass is 278 g/mol. The molecule has 0 aliphatic rings. The number of rotatable bonds is 12. The van der Waals surface area contributed by atoms with E-state index >= 15 is 0 Å². The molecule has 0 unspecified atom stereocenters. The van der Waals surface area contributed by atoms with Crippen LogP contribution in [0.1, 0.15) is 64.7 Å². The fourth-order valence-electron chi connectivity index (χ4n) is 1.80. The summed E-state index contributed by atoms with van der Waals surface area (Å²) in [6, 6.07) is 0. The first-order valence-corrected chi connectivity index (χ1v) is 8.72. The molecule has 0 radical (unpaired) electrons. The summed E-state index contributed by atoms with van der Waals surface area (Å²) >= 11 is 0. The Bertz CT molecular complexity index is 309. The molecular formula is C13H26O4S. The van der Waals surface area contributed by atoms with Gasteiger partial charge in [0, 0.05) is 6.42 Å². The van der Waals surface area contributed by atoms with Crippen LogP contribution < -0.4 is 0 Å². The van der Waals surface area contributed by atoms with Crippen LogP contribution in [-0.4, -0.2) is 31.0 Å². The lowest BCUT2D eigenvalue weighted by Gasteiger charge is -2.04. The molecule has 0 saturated heterocycles. The molecule has 0 amide bonds. The Hall–Kier alpha value is -0.580. The van der Waals surface area contributed by atoms with Crippen molar-refractivity contribution in [3.8, 4) is 0 Å². The maximum Gasteiger partial charge on any atom is 0.303 e. The zero-order chi connectivity index (χ0) is 13.9. The average Bonchev–Trinajstić information content (AvgIpc) is 2.29. The van der Waals surface area contributed by atoms with Gasteiger partial charge in [0.05, 0.1) is 11.5 Å². The molecule has 0 aromatic heterocycles. The summed E-state index contributed by atoms with van der Waals surface area (Å²) < 4.78 is 23.2. The molecule has 0 heterocycles. The van der Waals surface area contributed by atoms with E-state index in [2.05, 4.69) is 6.92 Å². The van der Waals surface area contributed by atoms with E-state index in [0.717, 1.165) is 19.3 Å². The number of aliphatic carboxylic acids is 1. The Labute approximate surface area is 111 Å². The average molecular weight is 278 g/mol. The summed E-state index contributed by atoms with van der Waals surface area (Å²) in [5.41, 5.74) is 0. The van der Waals surface area contributed by atoms with Crippen LogP contribution >= 0.6 is 0 Å². The number of carbonyl (C=O) groups is 1. The van der Waals surface area contributed by atoms with E-state index in [9.17, 15) is 13.2 Å². The molecule has 108 valence electrons. The molecule has 0 atom stereocenters. The highest BCUT2D eigenvalue weighted by Crippen LogP contribution is 2.08. The molecule has 0 aliphatic heterocycles. The molecule has 5 heteroatoms. The van der Waals surface area contributed by atoms with E-state index in [-0.39, 0.29) is 17.9 Å². The van der Waals surface area contributed by atoms with Crippen molar-refractivity contribution >= 4 is 15.8 Å². The molecule has 0 bridgehead atoms. The van der Waals surface area contributed by atoms with Crippen molar-refractivity contribution in [1.82, 2.24) is 0 Å². The van der Waals surface area contributed by atoms with Crippen LogP contribution in [-0.2, 0) is 14.6 Å². The van der Waals surface area contributed by atoms with Gasteiger partial charge in [-0.1, -0.05) is 39.0 Å². The number of carboxylic acids is 1. The molecule has 0 spiro atoms. The molecule has 4 nitrogen and oxygen atoms in total. The van der Waals surface area contributed by atoms with E-state index in [1.807, 2.05) is 0 Å². The number of carboxylic acid groups (broad SMARTS) is 1. The van der Waals surface area contributed by atoms with Crippen LogP contribution in [0.15, 0.2) is 0 Å². The normalized spacial score (nSPS) is 11.6. The highest BCUT2D eigenvalue weighted by atomic mass is 32.2. The van der Waals surface area contributed by atoms with E-state index in [1.54, 1.807) is 0 Å². The van der Waals surface area contributed by atoms with E-state index in [0.29, 0.717) is 12.8 Å². The summed E-state index contributed by atoms with van der Waals surface area (Å²) in [5, 5.41) is 8.44. The number of sulfone groups is 1. The van der Waals surface area contributed by atoms with Crippen molar-refractivity contribution in [3.05, 3.63) is 0 Å². The van der Waals surface area contributed by atoms with Crippen LogP contribution in [0.4, 0.5) is 0 Å². The molecule has 0 saturated carbocycles. The SMILES string of the molecule is CCCCCCCCS(=O)(=O)CCCCC(=O)O. The number of unbranched alkanes of at least 4 members (excludes halogenated alkanes) is 6. The lowest BCUT2D eigenvalue weighted by molar-refractivity contribution is -0.137. The van der Waals surface area contributed by atoms with Crippen molar-refractivity contribution in [2.45, 2.75) is 64.7 Å². The van der Waals surface area contributed by atoms with Crippen molar-refractivity contribution in [2.75, 3.05) is 11.5 Å². The van der Waals surface area contributed by atoms with Crippen molar-refractivity contribution < 1.29 is 18.3 Å². The van der Waals surface area contributed by atoms with Crippen LogP contribution in [0.5, 0.6) is 0 Å². The second kappa shape index (κ2) is 10.4. The number of hydrogen-bond donors (Lipinski definition) is 1. The predicted octanol–water partition coefficient (Wildman–Crippen LogP) is 3.02. The van der Waals surface area contributed by atoms with Crippen LogP contribution in [0, 0.1) is 0 Å². The standard InChI is InChI=1S/C13H26O4S/c1-2-3-4-5-6-8-11-18(16,17)12-9-7-10-13(14)15/h2-12H2,1H3,(H,14,15). The fraction of sp³-hybridized carbons (Fsp3) is 0.923. The van der Waals surface area contributed by atoms with Crippen LogP contribution in [0.2, 0.25) is 0 Å². The minimum atomic E-state index is -2.97. The topological polar surface area (TPSA) is 71.4 Å². The summed E-state index contributed by atoms with van der Waals surface area (Å²) in [7, 11) is -2.97. The summed E-state index contributed by atoms with van der Waals surface area (Å²) in [5.74, 6) is -0.468. The van der Waals surface area contributed by atoms with Gasteiger partial charge in [0.15, 0.2) is 0 Å². The molecule has 0 rings (SSSR count). The summed E-state index contributed by atoms with van der Waals surface area (Å²) in [4.78, 5) is 10.3. The van der Waals surface area contributed by atoms with Crippen molar-refractivity contribution in [2.24, 2.45) is 0 Å². The third-order valence-electron chi connectivity index (χ3n) is 2.90. The Morgan fingerprint density at radius 2 is 1.39 bits per heavy atom. The quantitative estimate of drug-likeness (QED) is 0.557. The largest absolute Gasteiger partial charge is 0.481 e. The lowest BCUT2D eigenvalue weighted by Crippen LogP contribution is -2.11. The van der Waals surface area contributed by atoms with Gasteiger partial charge in [0.25, 0.3) is 0 Å². The van der Waals surface area contributed by atoms with Crippen molar-refractivity contribution in [3.63, 3.8) is 0 Å². The highest BCUT2D eigenvalue weighted by molar-refractivity contribution is 7.91. The van der Waals surface area contributed by atoms with Crippen molar-refractivity contribution in [1.29, 1.82) is 0 Å². The Kier molecular flexibility index (Phi) is 10.0. The molecule has 0 aromatic rings. The van der Waals surface area contributed by atoms with Gasteiger partial charge in [-0.2, -0.15) is 0 Å². The molecule has 0 aliphatic carbocycles. The maximum absolute atomic E-state index is 11.6. The van der Waals surface area contributed by atoms with E-state index in [4.69, 9.17) is 5.11 Å². The third kappa shape index (κ3) is 11.9. The lowest BCUT2D eigenvalue weighted by atomic mass is 10.1. The summed E-state index contributed by atoms with van der Waals surface area (Å²) in [6.07, 6.45) is 7.42. The predicted molar refractivity (Wildman–Crippen MR) is 73.5 cm³/mol.